The highest BCUT2D eigenvalue weighted by atomic mass is 79.9. The van der Waals surface area contributed by atoms with E-state index in [1.54, 1.807) is 30.3 Å². The molecule has 0 unspecified atom stereocenters. The highest BCUT2D eigenvalue weighted by molar-refractivity contribution is 9.10. The van der Waals surface area contributed by atoms with Crippen molar-refractivity contribution in [2.24, 2.45) is 0 Å². The highest BCUT2D eigenvalue weighted by Crippen LogP contribution is 2.13. The molecule has 1 N–H and O–H groups in total. The molecule has 4 heteroatoms. The zero-order valence-corrected chi connectivity index (χ0v) is 12.1. The van der Waals surface area contributed by atoms with Gasteiger partial charge in [-0.25, -0.2) is 0 Å². The van der Waals surface area contributed by atoms with Gasteiger partial charge in [-0.15, -0.1) is 0 Å². The van der Waals surface area contributed by atoms with Crippen molar-refractivity contribution in [3.8, 4) is 6.07 Å². The van der Waals surface area contributed by atoms with E-state index >= 15 is 0 Å². The second kappa shape index (κ2) is 6.69. The molecule has 0 saturated carbocycles. The number of rotatable bonds is 3. The van der Waals surface area contributed by atoms with Gasteiger partial charge in [0.15, 0.2) is 0 Å². The standard InChI is InChI=1S/C16H11BrN2O/c17-14-3-1-2-12(10-14)6-9-16(20)19-15-7-4-13(11-18)5-8-15/h1-10H,(H,19,20)/b9-6+. The van der Waals surface area contributed by atoms with Crippen LogP contribution in [0, 0.1) is 11.3 Å². The summed E-state index contributed by atoms with van der Waals surface area (Å²) < 4.78 is 0.965. The van der Waals surface area contributed by atoms with Crippen LogP contribution in [0.1, 0.15) is 11.1 Å². The lowest BCUT2D eigenvalue weighted by atomic mass is 10.2. The first-order valence-electron chi connectivity index (χ1n) is 5.92. The van der Waals surface area contributed by atoms with Gasteiger partial charge in [-0.3, -0.25) is 4.79 Å². The van der Waals surface area contributed by atoms with E-state index in [0.29, 0.717) is 11.3 Å². The van der Waals surface area contributed by atoms with Crippen LogP contribution in [-0.2, 0) is 4.79 Å². The smallest absolute Gasteiger partial charge is 0.248 e. The van der Waals surface area contributed by atoms with Crippen molar-refractivity contribution in [1.82, 2.24) is 0 Å². The van der Waals surface area contributed by atoms with Crippen molar-refractivity contribution >= 4 is 33.6 Å². The second-order valence-electron chi connectivity index (χ2n) is 4.07. The van der Waals surface area contributed by atoms with E-state index in [1.165, 1.54) is 6.08 Å². The maximum atomic E-state index is 11.8. The van der Waals surface area contributed by atoms with Crippen molar-refractivity contribution in [2.75, 3.05) is 5.32 Å². The molecule has 0 heterocycles. The molecular weight excluding hydrogens is 316 g/mol. The Labute approximate surface area is 125 Å². The van der Waals surface area contributed by atoms with Crippen LogP contribution >= 0.6 is 15.9 Å². The first-order valence-corrected chi connectivity index (χ1v) is 6.71. The van der Waals surface area contributed by atoms with Crippen molar-refractivity contribution in [3.05, 3.63) is 70.2 Å². The summed E-state index contributed by atoms with van der Waals surface area (Å²) in [6, 6.07) is 16.4. The second-order valence-corrected chi connectivity index (χ2v) is 4.98. The Morgan fingerprint density at radius 1 is 1.20 bits per heavy atom. The Balaban J connectivity index is 2.00. The van der Waals surface area contributed by atoms with Gasteiger partial charge in [0.25, 0.3) is 0 Å². The summed E-state index contributed by atoms with van der Waals surface area (Å²) in [6.07, 6.45) is 3.21. The molecule has 0 radical (unpaired) electrons. The predicted octanol–water partition coefficient (Wildman–Crippen LogP) is 3.97. The lowest BCUT2D eigenvalue weighted by Crippen LogP contribution is -2.07. The molecule has 0 aromatic heterocycles. The lowest BCUT2D eigenvalue weighted by Gasteiger charge is -2.01. The van der Waals surface area contributed by atoms with Crippen molar-refractivity contribution in [1.29, 1.82) is 5.26 Å². The molecule has 0 aliphatic rings. The fourth-order valence-corrected chi connectivity index (χ4v) is 2.01. The molecule has 1 amide bonds. The van der Waals surface area contributed by atoms with E-state index < -0.39 is 0 Å². The maximum absolute atomic E-state index is 11.8. The average Bonchev–Trinajstić information content (AvgIpc) is 2.46. The Morgan fingerprint density at radius 2 is 1.95 bits per heavy atom. The van der Waals surface area contributed by atoms with E-state index in [-0.39, 0.29) is 5.91 Å². The van der Waals surface area contributed by atoms with E-state index in [4.69, 9.17) is 5.26 Å². The number of nitrogens with one attached hydrogen (secondary N) is 1. The van der Waals surface area contributed by atoms with Gasteiger partial charge in [0.2, 0.25) is 5.91 Å². The van der Waals surface area contributed by atoms with Gasteiger partial charge in [-0.2, -0.15) is 5.26 Å². The number of anilines is 1. The molecule has 98 valence electrons. The molecule has 0 spiro atoms. The van der Waals surface area contributed by atoms with Gasteiger partial charge < -0.3 is 5.32 Å². The van der Waals surface area contributed by atoms with Crippen LogP contribution in [0.5, 0.6) is 0 Å². The molecular formula is C16H11BrN2O. The molecule has 0 aliphatic heterocycles. The third-order valence-electron chi connectivity index (χ3n) is 2.56. The van der Waals surface area contributed by atoms with E-state index in [2.05, 4.69) is 21.2 Å². The van der Waals surface area contributed by atoms with Crippen LogP contribution in [0.25, 0.3) is 6.08 Å². The normalized spacial score (nSPS) is 10.2. The lowest BCUT2D eigenvalue weighted by molar-refractivity contribution is -0.111. The summed E-state index contributed by atoms with van der Waals surface area (Å²) in [5.74, 6) is -0.213. The topological polar surface area (TPSA) is 52.9 Å². The summed E-state index contributed by atoms with van der Waals surface area (Å²) in [5, 5.41) is 11.4. The number of nitriles is 1. The van der Waals surface area contributed by atoms with Crippen molar-refractivity contribution in [2.45, 2.75) is 0 Å². The Hall–Kier alpha value is -2.38. The molecule has 0 saturated heterocycles. The number of benzene rings is 2. The third kappa shape index (κ3) is 4.08. The fourth-order valence-electron chi connectivity index (χ4n) is 1.59. The van der Waals surface area contributed by atoms with Crippen LogP contribution in [0.4, 0.5) is 5.69 Å². The van der Waals surface area contributed by atoms with Crippen LogP contribution in [0.3, 0.4) is 0 Å². The summed E-state index contributed by atoms with van der Waals surface area (Å²) in [4.78, 5) is 11.8. The van der Waals surface area contributed by atoms with Crippen molar-refractivity contribution in [3.63, 3.8) is 0 Å². The van der Waals surface area contributed by atoms with Crippen LogP contribution in [-0.4, -0.2) is 5.91 Å². The van der Waals surface area contributed by atoms with Gasteiger partial charge in [-0.1, -0.05) is 28.1 Å². The summed E-state index contributed by atoms with van der Waals surface area (Å²) in [6.45, 7) is 0. The minimum Gasteiger partial charge on any atom is -0.323 e. The monoisotopic (exact) mass is 326 g/mol. The number of amides is 1. The zero-order chi connectivity index (χ0) is 14.4. The zero-order valence-electron chi connectivity index (χ0n) is 10.5. The molecule has 2 rings (SSSR count). The van der Waals surface area contributed by atoms with Crippen LogP contribution in [0.15, 0.2) is 59.1 Å². The van der Waals surface area contributed by atoms with Gasteiger partial charge in [0, 0.05) is 16.2 Å². The molecule has 2 aromatic carbocycles. The molecule has 0 fully saturated rings. The number of carbonyl (C=O) groups is 1. The highest BCUT2D eigenvalue weighted by Gasteiger charge is 1.98. The number of carbonyl (C=O) groups excluding carboxylic acids is 1. The van der Waals surface area contributed by atoms with Gasteiger partial charge in [-0.05, 0) is 48.0 Å². The minimum atomic E-state index is -0.213. The quantitative estimate of drug-likeness (QED) is 0.867. The number of halogens is 1. The Morgan fingerprint density at radius 3 is 2.60 bits per heavy atom. The maximum Gasteiger partial charge on any atom is 0.248 e. The first-order chi connectivity index (χ1) is 9.67. The third-order valence-corrected chi connectivity index (χ3v) is 3.05. The molecule has 0 aliphatic carbocycles. The number of hydrogen-bond donors (Lipinski definition) is 1. The molecule has 0 bridgehead atoms. The largest absolute Gasteiger partial charge is 0.323 e. The summed E-state index contributed by atoms with van der Waals surface area (Å²) >= 11 is 3.38. The molecule has 20 heavy (non-hydrogen) atoms. The van der Waals surface area contributed by atoms with Gasteiger partial charge in [0.1, 0.15) is 0 Å². The van der Waals surface area contributed by atoms with Crippen LogP contribution < -0.4 is 5.32 Å². The Kier molecular flexibility index (Phi) is 4.70. The SMILES string of the molecule is N#Cc1ccc(NC(=O)/C=C/c2cccc(Br)c2)cc1. The average molecular weight is 327 g/mol. The van der Waals surface area contributed by atoms with Gasteiger partial charge >= 0.3 is 0 Å². The number of nitrogens with zero attached hydrogens (tertiary/aromatic N) is 1. The molecule has 2 aromatic rings. The number of hydrogen-bond acceptors (Lipinski definition) is 2. The van der Waals surface area contributed by atoms with E-state index in [9.17, 15) is 4.79 Å². The minimum absolute atomic E-state index is 0.213. The van der Waals surface area contributed by atoms with E-state index in [1.807, 2.05) is 30.3 Å². The van der Waals surface area contributed by atoms with E-state index in [0.717, 1.165) is 10.0 Å². The van der Waals surface area contributed by atoms with Crippen LogP contribution in [0.2, 0.25) is 0 Å². The van der Waals surface area contributed by atoms with Crippen molar-refractivity contribution < 1.29 is 4.79 Å². The summed E-state index contributed by atoms with van der Waals surface area (Å²) in [5.41, 5.74) is 2.16. The molecule has 3 nitrogen and oxygen atoms in total. The Bertz CT molecular complexity index is 684. The fraction of sp³-hybridized carbons (Fsp3) is 0. The predicted molar refractivity (Wildman–Crippen MR) is 83.0 cm³/mol. The first kappa shape index (κ1) is 14.0. The summed E-state index contributed by atoms with van der Waals surface area (Å²) in [7, 11) is 0. The van der Waals surface area contributed by atoms with Gasteiger partial charge in [0.05, 0.1) is 11.6 Å². The molecule has 0 atom stereocenters.